The standard InChI is InChI=1S/C13H11FN2O2/c1-2-6-16(9-12(17)18)8-11-5-3-4-10(7-15)13(11)14/h1,3-5H,6,8-9H2,(H,17,18). The molecule has 0 heterocycles. The smallest absolute Gasteiger partial charge is 0.317 e. The first-order chi connectivity index (χ1) is 8.58. The van der Waals surface area contributed by atoms with Crippen LogP contribution in [0.3, 0.4) is 0 Å². The zero-order valence-electron chi connectivity index (χ0n) is 9.56. The van der Waals surface area contributed by atoms with Crippen LogP contribution in [-0.4, -0.2) is 29.1 Å². The minimum atomic E-state index is -1.04. The Morgan fingerprint density at radius 1 is 1.56 bits per heavy atom. The van der Waals surface area contributed by atoms with Crippen molar-refractivity contribution in [2.45, 2.75) is 6.54 Å². The lowest BCUT2D eigenvalue weighted by atomic mass is 10.1. The molecule has 5 heteroatoms. The molecule has 0 aliphatic rings. The quantitative estimate of drug-likeness (QED) is 0.793. The Labute approximate surface area is 104 Å². The van der Waals surface area contributed by atoms with Crippen molar-refractivity contribution in [3.8, 4) is 18.4 Å². The summed E-state index contributed by atoms with van der Waals surface area (Å²) in [6, 6.07) is 6.14. The molecule has 0 atom stereocenters. The van der Waals surface area contributed by atoms with Crippen LogP contribution in [0.2, 0.25) is 0 Å². The number of benzene rings is 1. The van der Waals surface area contributed by atoms with Crippen molar-refractivity contribution < 1.29 is 14.3 Å². The Morgan fingerprint density at radius 2 is 2.28 bits per heavy atom. The lowest BCUT2D eigenvalue weighted by molar-refractivity contribution is -0.138. The van der Waals surface area contributed by atoms with Gasteiger partial charge in [0.1, 0.15) is 11.9 Å². The fourth-order valence-electron chi connectivity index (χ4n) is 1.52. The molecule has 92 valence electrons. The Hall–Kier alpha value is -2.37. The minimum Gasteiger partial charge on any atom is -0.480 e. The monoisotopic (exact) mass is 246 g/mol. The van der Waals surface area contributed by atoms with E-state index in [0.717, 1.165) is 0 Å². The average Bonchev–Trinajstić information content (AvgIpc) is 2.31. The predicted octanol–water partition coefficient (Wildman–Crippen LogP) is 1.22. The first-order valence-electron chi connectivity index (χ1n) is 5.13. The number of hydrogen-bond acceptors (Lipinski definition) is 3. The van der Waals surface area contributed by atoms with E-state index in [2.05, 4.69) is 5.92 Å². The number of aliphatic carboxylic acids is 1. The van der Waals surface area contributed by atoms with E-state index < -0.39 is 11.8 Å². The van der Waals surface area contributed by atoms with Crippen LogP contribution in [0, 0.1) is 29.5 Å². The lowest BCUT2D eigenvalue weighted by Crippen LogP contribution is -2.30. The third kappa shape index (κ3) is 3.58. The first kappa shape index (κ1) is 13.7. The lowest BCUT2D eigenvalue weighted by Gasteiger charge is -2.17. The van der Waals surface area contributed by atoms with Crippen molar-refractivity contribution in [1.29, 1.82) is 5.26 Å². The molecule has 0 bridgehead atoms. The van der Waals surface area contributed by atoms with Crippen molar-refractivity contribution in [3.63, 3.8) is 0 Å². The molecule has 1 aromatic rings. The van der Waals surface area contributed by atoms with Gasteiger partial charge in [-0.15, -0.1) is 6.42 Å². The van der Waals surface area contributed by atoms with Crippen LogP contribution < -0.4 is 0 Å². The summed E-state index contributed by atoms with van der Waals surface area (Å²) in [5, 5.41) is 17.4. The summed E-state index contributed by atoms with van der Waals surface area (Å²) < 4.78 is 13.8. The predicted molar refractivity (Wildman–Crippen MR) is 62.9 cm³/mol. The van der Waals surface area contributed by atoms with Crippen molar-refractivity contribution in [3.05, 3.63) is 35.1 Å². The number of hydrogen-bond donors (Lipinski definition) is 1. The summed E-state index contributed by atoms with van der Waals surface area (Å²) in [5.74, 6) is 0.645. The summed E-state index contributed by atoms with van der Waals surface area (Å²) in [7, 11) is 0. The molecule has 0 saturated heterocycles. The molecule has 0 aromatic heterocycles. The van der Waals surface area contributed by atoms with Gasteiger partial charge in [-0.2, -0.15) is 5.26 Å². The molecule has 1 rings (SSSR count). The second-order valence-corrected chi connectivity index (χ2v) is 3.63. The molecule has 0 saturated carbocycles. The van der Waals surface area contributed by atoms with E-state index >= 15 is 0 Å². The maximum atomic E-state index is 13.8. The highest BCUT2D eigenvalue weighted by atomic mass is 19.1. The van der Waals surface area contributed by atoms with Crippen LogP contribution in [0.15, 0.2) is 18.2 Å². The molecule has 0 spiro atoms. The van der Waals surface area contributed by atoms with Gasteiger partial charge >= 0.3 is 5.97 Å². The van der Waals surface area contributed by atoms with E-state index in [1.165, 1.54) is 17.0 Å². The number of halogens is 1. The maximum Gasteiger partial charge on any atom is 0.317 e. The second-order valence-electron chi connectivity index (χ2n) is 3.63. The van der Waals surface area contributed by atoms with Gasteiger partial charge in [-0.05, 0) is 6.07 Å². The topological polar surface area (TPSA) is 64.3 Å². The fraction of sp³-hybridized carbons (Fsp3) is 0.231. The SMILES string of the molecule is C#CCN(CC(=O)O)Cc1cccc(C#N)c1F. The van der Waals surface area contributed by atoms with Gasteiger partial charge < -0.3 is 5.11 Å². The number of carboxylic acid groups (broad SMARTS) is 1. The third-order valence-corrected chi connectivity index (χ3v) is 2.27. The summed E-state index contributed by atoms with van der Waals surface area (Å²) in [6.07, 6.45) is 5.12. The van der Waals surface area contributed by atoms with Gasteiger partial charge in [0.05, 0.1) is 18.7 Å². The van der Waals surface area contributed by atoms with E-state index in [0.29, 0.717) is 0 Å². The highest BCUT2D eigenvalue weighted by Crippen LogP contribution is 2.14. The van der Waals surface area contributed by atoms with Crippen molar-refractivity contribution in [1.82, 2.24) is 4.90 Å². The van der Waals surface area contributed by atoms with E-state index in [1.54, 1.807) is 12.1 Å². The molecule has 1 aromatic carbocycles. The first-order valence-corrected chi connectivity index (χ1v) is 5.13. The Bertz CT molecular complexity index is 529. The van der Waals surface area contributed by atoms with Crippen LogP contribution in [0.4, 0.5) is 4.39 Å². The minimum absolute atomic E-state index is 0.0534. The number of carboxylic acids is 1. The normalized spacial score (nSPS) is 9.78. The number of carbonyl (C=O) groups is 1. The summed E-state index contributed by atoms with van der Waals surface area (Å²) in [5.41, 5.74) is 0.189. The maximum absolute atomic E-state index is 13.8. The van der Waals surface area contributed by atoms with Gasteiger partial charge in [-0.25, -0.2) is 4.39 Å². The van der Waals surface area contributed by atoms with Crippen LogP contribution >= 0.6 is 0 Å². The molecule has 0 aliphatic heterocycles. The number of rotatable bonds is 5. The van der Waals surface area contributed by atoms with Crippen molar-refractivity contribution in [2.24, 2.45) is 0 Å². The van der Waals surface area contributed by atoms with Crippen LogP contribution in [0.1, 0.15) is 11.1 Å². The summed E-state index contributed by atoms with van der Waals surface area (Å²) >= 11 is 0. The Balaban J connectivity index is 2.91. The van der Waals surface area contributed by atoms with Crippen molar-refractivity contribution >= 4 is 5.97 Å². The molecule has 0 aliphatic carbocycles. The largest absolute Gasteiger partial charge is 0.480 e. The highest BCUT2D eigenvalue weighted by molar-refractivity contribution is 5.69. The fourth-order valence-corrected chi connectivity index (χ4v) is 1.52. The van der Waals surface area contributed by atoms with Gasteiger partial charge in [-0.3, -0.25) is 9.69 Å². The van der Waals surface area contributed by atoms with Gasteiger partial charge in [0.2, 0.25) is 0 Å². The number of terminal acetylenes is 1. The Morgan fingerprint density at radius 3 is 2.83 bits per heavy atom. The highest BCUT2D eigenvalue weighted by Gasteiger charge is 2.13. The van der Waals surface area contributed by atoms with Crippen molar-refractivity contribution in [2.75, 3.05) is 13.1 Å². The molecule has 0 radical (unpaired) electrons. The Kier molecular flexibility index (Phi) is 4.86. The summed E-state index contributed by atoms with van der Waals surface area (Å²) in [4.78, 5) is 12.0. The van der Waals surface area contributed by atoms with Crippen LogP contribution in [0.25, 0.3) is 0 Å². The summed E-state index contributed by atoms with van der Waals surface area (Å²) in [6.45, 7) is -0.124. The van der Waals surface area contributed by atoms with Gasteiger partial charge in [-0.1, -0.05) is 18.1 Å². The van der Waals surface area contributed by atoms with Crippen LogP contribution in [0.5, 0.6) is 0 Å². The van der Waals surface area contributed by atoms with E-state index in [-0.39, 0.29) is 30.8 Å². The molecule has 0 unspecified atom stereocenters. The zero-order chi connectivity index (χ0) is 13.5. The van der Waals surface area contributed by atoms with Crippen LogP contribution in [-0.2, 0) is 11.3 Å². The molecule has 0 amide bonds. The van der Waals surface area contributed by atoms with E-state index in [1.807, 2.05) is 0 Å². The number of nitrogens with zero attached hydrogens (tertiary/aromatic N) is 2. The van der Waals surface area contributed by atoms with Gasteiger partial charge in [0.15, 0.2) is 0 Å². The molecule has 4 nitrogen and oxygen atoms in total. The second kappa shape index (κ2) is 6.39. The number of nitriles is 1. The molecular formula is C13H11FN2O2. The zero-order valence-corrected chi connectivity index (χ0v) is 9.56. The molecular weight excluding hydrogens is 235 g/mol. The third-order valence-electron chi connectivity index (χ3n) is 2.27. The van der Waals surface area contributed by atoms with E-state index in [4.69, 9.17) is 16.8 Å². The molecule has 1 N–H and O–H groups in total. The molecule has 18 heavy (non-hydrogen) atoms. The molecule has 0 fully saturated rings. The average molecular weight is 246 g/mol. The van der Waals surface area contributed by atoms with Gasteiger partial charge in [0.25, 0.3) is 0 Å². The van der Waals surface area contributed by atoms with Gasteiger partial charge in [0, 0.05) is 12.1 Å². The van der Waals surface area contributed by atoms with E-state index in [9.17, 15) is 9.18 Å².